The Balaban J connectivity index is 0.00000116. The van der Waals surface area contributed by atoms with Gasteiger partial charge in [0, 0.05) is 24.0 Å². The molecule has 22 heavy (non-hydrogen) atoms. The van der Waals surface area contributed by atoms with Gasteiger partial charge < -0.3 is 10.7 Å². The van der Waals surface area contributed by atoms with E-state index in [1.54, 1.807) is 0 Å². The van der Waals surface area contributed by atoms with E-state index in [1.807, 2.05) is 38.2 Å². The molecule has 0 radical (unpaired) electrons. The van der Waals surface area contributed by atoms with E-state index in [4.69, 9.17) is 11.6 Å². The van der Waals surface area contributed by atoms with Crippen molar-refractivity contribution in [3.8, 4) is 0 Å². The van der Waals surface area contributed by atoms with Crippen LogP contribution in [0.2, 0.25) is 5.02 Å². The van der Waals surface area contributed by atoms with Crippen LogP contribution in [0.5, 0.6) is 0 Å². The Labute approximate surface area is 135 Å². The molecule has 1 aromatic carbocycles. The van der Waals surface area contributed by atoms with Crippen molar-refractivity contribution in [1.82, 2.24) is 9.88 Å². The Morgan fingerprint density at radius 3 is 2.68 bits per heavy atom. The number of hydrogen-bond acceptors (Lipinski definition) is 3. The first-order valence-electron chi connectivity index (χ1n) is 7.13. The van der Waals surface area contributed by atoms with Gasteiger partial charge in [-0.15, -0.1) is 0 Å². The number of nitrogens with zero attached hydrogens (tertiary/aromatic N) is 1. The maximum absolute atomic E-state index is 12.0. The summed E-state index contributed by atoms with van der Waals surface area (Å²) in [4.78, 5) is 27.2. The molecule has 2 amide bonds. The molecule has 0 saturated heterocycles. The smallest absolute Gasteiger partial charge is 0.229 e. The zero-order valence-corrected chi connectivity index (χ0v) is 13.9. The highest BCUT2D eigenvalue weighted by atomic mass is 35.5. The molecule has 0 atom stereocenters. The Bertz CT molecular complexity index is 637. The van der Waals surface area contributed by atoms with Crippen LogP contribution in [0.25, 0.3) is 10.9 Å². The average molecular weight is 324 g/mol. The summed E-state index contributed by atoms with van der Waals surface area (Å²) in [5, 5.41) is 1.68. The summed E-state index contributed by atoms with van der Waals surface area (Å²) >= 11 is 6.09. The van der Waals surface area contributed by atoms with Gasteiger partial charge in [-0.05, 0) is 38.9 Å². The normalized spacial score (nSPS) is 10.3. The van der Waals surface area contributed by atoms with Gasteiger partial charge in [-0.1, -0.05) is 23.7 Å². The monoisotopic (exact) mass is 323 g/mol. The number of para-hydroxylation sites is 1. The highest BCUT2D eigenvalue weighted by molar-refractivity contribution is 6.35. The number of aryl methyl sites for hydroxylation is 1. The van der Waals surface area contributed by atoms with Gasteiger partial charge in [0.2, 0.25) is 12.3 Å². The van der Waals surface area contributed by atoms with Crippen LogP contribution in [0.3, 0.4) is 0 Å². The predicted molar refractivity (Wildman–Crippen MR) is 89.8 cm³/mol. The molecule has 6 heteroatoms. The number of amides is 2. The number of imide groups is 1. The third-order valence-electron chi connectivity index (χ3n) is 3.32. The van der Waals surface area contributed by atoms with Crippen LogP contribution in [-0.4, -0.2) is 35.3 Å². The predicted octanol–water partition coefficient (Wildman–Crippen LogP) is 2.72. The highest BCUT2D eigenvalue weighted by Crippen LogP contribution is 2.26. The number of hydrogen-bond donors (Lipinski definition) is 2. The summed E-state index contributed by atoms with van der Waals surface area (Å²) in [6.07, 6.45) is 3.34. The summed E-state index contributed by atoms with van der Waals surface area (Å²) in [6.45, 7) is 3.63. The van der Waals surface area contributed by atoms with Gasteiger partial charge >= 0.3 is 0 Å². The fourth-order valence-corrected chi connectivity index (χ4v) is 2.45. The van der Waals surface area contributed by atoms with Crippen LogP contribution in [-0.2, 0) is 16.0 Å². The molecule has 1 heterocycles. The SMILES string of the molecule is CC(C)N(C=O)C(=O)CCc1c[nH]c2c(Cl)cccc12.CN. The first kappa shape index (κ1) is 18.2. The van der Waals surface area contributed by atoms with Crippen molar-refractivity contribution < 1.29 is 9.59 Å². The number of benzene rings is 1. The Kier molecular flexibility index (Phi) is 7.08. The van der Waals surface area contributed by atoms with Crippen molar-refractivity contribution in [3.05, 3.63) is 35.0 Å². The molecule has 2 rings (SSSR count). The molecule has 0 saturated carbocycles. The molecule has 3 N–H and O–H groups in total. The third kappa shape index (κ3) is 4.08. The van der Waals surface area contributed by atoms with Gasteiger partial charge in [0.1, 0.15) is 0 Å². The molecule has 2 aromatic rings. The second kappa shape index (κ2) is 8.56. The minimum Gasteiger partial charge on any atom is -0.360 e. The minimum atomic E-state index is -0.161. The van der Waals surface area contributed by atoms with Gasteiger partial charge in [-0.3, -0.25) is 14.5 Å². The highest BCUT2D eigenvalue weighted by Gasteiger charge is 2.16. The van der Waals surface area contributed by atoms with Crippen molar-refractivity contribution in [2.24, 2.45) is 5.73 Å². The van der Waals surface area contributed by atoms with Crippen molar-refractivity contribution in [2.75, 3.05) is 7.05 Å². The van der Waals surface area contributed by atoms with E-state index in [9.17, 15) is 9.59 Å². The number of aromatic nitrogens is 1. The Morgan fingerprint density at radius 2 is 2.09 bits per heavy atom. The van der Waals surface area contributed by atoms with E-state index < -0.39 is 0 Å². The maximum Gasteiger partial charge on any atom is 0.229 e. The van der Waals surface area contributed by atoms with E-state index in [2.05, 4.69) is 10.7 Å². The molecule has 0 aliphatic rings. The lowest BCUT2D eigenvalue weighted by Gasteiger charge is -2.19. The molecule has 120 valence electrons. The number of fused-ring (bicyclic) bond motifs is 1. The topological polar surface area (TPSA) is 79.2 Å². The van der Waals surface area contributed by atoms with E-state index in [0.717, 1.165) is 16.5 Å². The lowest BCUT2D eigenvalue weighted by Crippen LogP contribution is -2.35. The van der Waals surface area contributed by atoms with Crippen LogP contribution in [0.15, 0.2) is 24.4 Å². The zero-order valence-electron chi connectivity index (χ0n) is 13.1. The molecule has 5 nitrogen and oxygen atoms in total. The molecule has 0 spiro atoms. The van der Waals surface area contributed by atoms with Crippen LogP contribution in [0.4, 0.5) is 0 Å². The standard InChI is InChI=1S/C15H17ClN2O2.CH5N/c1-10(2)18(9-19)14(20)7-6-11-8-17-15-12(11)4-3-5-13(15)16;1-2/h3-5,8-10,17H,6-7H2,1-2H3;2H2,1H3. The lowest BCUT2D eigenvalue weighted by atomic mass is 10.1. The number of carbonyl (C=O) groups excluding carboxylic acids is 2. The van der Waals surface area contributed by atoms with Gasteiger partial charge in [0.25, 0.3) is 0 Å². The first-order valence-corrected chi connectivity index (χ1v) is 7.51. The number of nitrogens with two attached hydrogens (primary N) is 1. The largest absolute Gasteiger partial charge is 0.360 e. The Hall–Kier alpha value is -1.85. The minimum absolute atomic E-state index is 0.114. The molecule has 0 aliphatic carbocycles. The summed E-state index contributed by atoms with van der Waals surface area (Å²) < 4.78 is 0. The van der Waals surface area contributed by atoms with Gasteiger partial charge in [-0.2, -0.15) is 0 Å². The fourth-order valence-electron chi connectivity index (χ4n) is 2.22. The second-order valence-corrected chi connectivity index (χ2v) is 5.38. The fraction of sp³-hybridized carbons (Fsp3) is 0.375. The molecule has 0 unspecified atom stereocenters. The lowest BCUT2D eigenvalue weighted by molar-refractivity contribution is -0.139. The average Bonchev–Trinajstić information content (AvgIpc) is 2.92. The number of carbonyl (C=O) groups is 2. The first-order chi connectivity index (χ1) is 10.5. The molecule has 0 bridgehead atoms. The second-order valence-electron chi connectivity index (χ2n) is 4.98. The summed E-state index contributed by atoms with van der Waals surface area (Å²) in [5.74, 6) is -0.161. The van der Waals surface area contributed by atoms with E-state index >= 15 is 0 Å². The van der Waals surface area contributed by atoms with E-state index in [-0.39, 0.29) is 11.9 Å². The van der Waals surface area contributed by atoms with Crippen LogP contribution in [0.1, 0.15) is 25.8 Å². The summed E-state index contributed by atoms with van der Waals surface area (Å²) in [6, 6.07) is 5.56. The number of H-pyrrole nitrogens is 1. The number of aromatic amines is 1. The van der Waals surface area contributed by atoms with Crippen molar-refractivity contribution in [1.29, 1.82) is 0 Å². The zero-order chi connectivity index (χ0) is 16.7. The summed E-state index contributed by atoms with van der Waals surface area (Å²) in [5.41, 5.74) is 6.41. The number of halogens is 1. The van der Waals surface area contributed by atoms with Gasteiger partial charge in [0.15, 0.2) is 0 Å². The van der Waals surface area contributed by atoms with Crippen molar-refractivity contribution >= 4 is 34.8 Å². The molecule has 1 aromatic heterocycles. The van der Waals surface area contributed by atoms with E-state index in [1.165, 1.54) is 11.9 Å². The maximum atomic E-state index is 12.0. The van der Waals surface area contributed by atoms with E-state index in [0.29, 0.717) is 24.3 Å². The Morgan fingerprint density at radius 1 is 1.41 bits per heavy atom. The van der Waals surface area contributed by atoms with Crippen molar-refractivity contribution in [2.45, 2.75) is 32.7 Å². The molecular formula is C16H22ClN3O2. The molecule has 0 aliphatic heterocycles. The summed E-state index contributed by atoms with van der Waals surface area (Å²) in [7, 11) is 1.50. The molecule has 0 fully saturated rings. The van der Waals surface area contributed by atoms with Crippen LogP contribution in [0, 0.1) is 0 Å². The van der Waals surface area contributed by atoms with Gasteiger partial charge in [-0.25, -0.2) is 0 Å². The van der Waals surface area contributed by atoms with Crippen molar-refractivity contribution in [3.63, 3.8) is 0 Å². The van der Waals surface area contributed by atoms with Crippen LogP contribution >= 0.6 is 11.6 Å². The van der Waals surface area contributed by atoms with Gasteiger partial charge in [0.05, 0.1) is 10.5 Å². The van der Waals surface area contributed by atoms with Crippen LogP contribution < -0.4 is 5.73 Å². The number of rotatable bonds is 5. The molecular weight excluding hydrogens is 302 g/mol. The number of nitrogens with one attached hydrogen (secondary N) is 1. The quantitative estimate of drug-likeness (QED) is 0.830. The third-order valence-corrected chi connectivity index (χ3v) is 3.63.